The number of hydrogen-bond donors (Lipinski definition) is 2. The molecule has 0 unspecified atom stereocenters. The molecule has 0 saturated carbocycles. The Bertz CT molecular complexity index is 258. The van der Waals surface area contributed by atoms with E-state index in [9.17, 15) is 9.50 Å². The van der Waals surface area contributed by atoms with Crippen LogP contribution in [0.4, 0.5) is 4.39 Å². The summed E-state index contributed by atoms with van der Waals surface area (Å²) in [6.45, 7) is 1.65. The summed E-state index contributed by atoms with van der Waals surface area (Å²) in [5.41, 5.74) is 0.628. The number of hydrogen-bond acceptors (Lipinski definition) is 2. The van der Waals surface area contributed by atoms with Gasteiger partial charge in [0, 0.05) is 12.5 Å². The summed E-state index contributed by atoms with van der Waals surface area (Å²) in [4.78, 5) is 0. The molecule has 1 aromatic rings. The zero-order valence-electron chi connectivity index (χ0n) is 7.44. The Labute approximate surface area is 76.6 Å². The first-order valence-electron chi connectivity index (χ1n) is 4.19. The lowest BCUT2D eigenvalue weighted by atomic mass is 9.98. The molecule has 0 aliphatic heterocycles. The van der Waals surface area contributed by atoms with E-state index in [1.165, 1.54) is 24.3 Å². The Hall–Kier alpha value is -0.930. The van der Waals surface area contributed by atoms with E-state index < -0.39 is 6.10 Å². The molecule has 1 aromatic carbocycles. The third-order valence-corrected chi connectivity index (χ3v) is 2.04. The van der Waals surface area contributed by atoms with E-state index in [0.717, 1.165) is 0 Å². The highest BCUT2D eigenvalue weighted by Gasteiger charge is 2.14. The Balaban J connectivity index is 2.77. The van der Waals surface area contributed by atoms with Crippen LogP contribution in [0.2, 0.25) is 0 Å². The zero-order valence-corrected chi connectivity index (χ0v) is 7.44. The number of aliphatic hydroxyl groups is 2. The number of benzene rings is 1. The van der Waals surface area contributed by atoms with E-state index in [1.54, 1.807) is 6.92 Å². The molecule has 2 nitrogen and oxygen atoms in total. The van der Waals surface area contributed by atoms with Crippen molar-refractivity contribution in [1.29, 1.82) is 0 Å². The van der Waals surface area contributed by atoms with Crippen molar-refractivity contribution in [3.05, 3.63) is 35.6 Å². The summed E-state index contributed by atoms with van der Waals surface area (Å²) in [6, 6.07) is 5.63. The molecule has 2 atom stereocenters. The fourth-order valence-electron chi connectivity index (χ4n) is 1.09. The standard InChI is InChI=1S/C10H13FO2/c1-7(6-12)10(13)8-2-4-9(11)5-3-8/h2-5,7,10,12-13H,6H2,1H3/t7-,10-/m1/s1. The highest BCUT2D eigenvalue weighted by Crippen LogP contribution is 2.21. The van der Waals surface area contributed by atoms with Crippen molar-refractivity contribution in [3.63, 3.8) is 0 Å². The van der Waals surface area contributed by atoms with Crippen molar-refractivity contribution in [2.24, 2.45) is 5.92 Å². The molecule has 72 valence electrons. The second kappa shape index (κ2) is 4.35. The van der Waals surface area contributed by atoms with E-state index in [2.05, 4.69) is 0 Å². The van der Waals surface area contributed by atoms with Crippen molar-refractivity contribution in [1.82, 2.24) is 0 Å². The normalized spacial score (nSPS) is 15.4. The van der Waals surface area contributed by atoms with Crippen molar-refractivity contribution in [2.45, 2.75) is 13.0 Å². The summed E-state index contributed by atoms with van der Waals surface area (Å²) in [5, 5.41) is 18.4. The quantitative estimate of drug-likeness (QED) is 0.747. The Morgan fingerprint density at radius 2 is 1.85 bits per heavy atom. The molecule has 0 saturated heterocycles. The Morgan fingerprint density at radius 1 is 1.31 bits per heavy atom. The van der Waals surface area contributed by atoms with Gasteiger partial charge in [0.15, 0.2) is 0 Å². The monoisotopic (exact) mass is 184 g/mol. The average molecular weight is 184 g/mol. The molecule has 0 bridgehead atoms. The maximum atomic E-state index is 12.5. The van der Waals surface area contributed by atoms with Gasteiger partial charge in [-0.25, -0.2) is 4.39 Å². The van der Waals surface area contributed by atoms with Gasteiger partial charge in [0.05, 0.1) is 6.10 Å². The predicted molar refractivity (Wildman–Crippen MR) is 47.6 cm³/mol. The third-order valence-electron chi connectivity index (χ3n) is 2.04. The van der Waals surface area contributed by atoms with E-state index >= 15 is 0 Å². The lowest BCUT2D eigenvalue weighted by Crippen LogP contribution is -2.12. The van der Waals surface area contributed by atoms with Crippen LogP contribution in [0.25, 0.3) is 0 Å². The fraction of sp³-hybridized carbons (Fsp3) is 0.400. The highest BCUT2D eigenvalue weighted by atomic mass is 19.1. The van der Waals surface area contributed by atoms with E-state index in [-0.39, 0.29) is 18.3 Å². The molecule has 0 amide bonds. The minimum Gasteiger partial charge on any atom is -0.396 e. The van der Waals surface area contributed by atoms with Crippen molar-refractivity contribution >= 4 is 0 Å². The predicted octanol–water partition coefficient (Wildman–Crippen LogP) is 1.49. The maximum Gasteiger partial charge on any atom is 0.123 e. The van der Waals surface area contributed by atoms with Gasteiger partial charge in [-0.05, 0) is 17.7 Å². The van der Waals surface area contributed by atoms with Crippen LogP contribution in [0, 0.1) is 11.7 Å². The average Bonchev–Trinajstić information content (AvgIpc) is 2.17. The fourth-order valence-corrected chi connectivity index (χ4v) is 1.09. The third kappa shape index (κ3) is 2.50. The number of aliphatic hydroxyl groups excluding tert-OH is 2. The molecule has 0 aromatic heterocycles. The van der Waals surface area contributed by atoms with E-state index in [0.29, 0.717) is 5.56 Å². The van der Waals surface area contributed by atoms with Gasteiger partial charge in [-0.2, -0.15) is 0 Å². The summed E-state index contributed by atoms with van der Waals surface area (Å²) in [5.74, 6) is -0.557. The zero-order chi connectivity index (χ0) is 9.84. The maximum absolute atomic E-state index is 12.5. The minimum atomic E-state index is -0.731. The topological polar surface area (TPSA) is 40.5 Å². The molecular formula is C10H13FO2. The summed E-state index contributed by atoms with van der Waals surface area (Å²) in [6.07, 6.45) is -0.731. The molecule has 0 aliphatic rings. The van der Waals surface area contributed by atoms with Gasteiger partial charge >= 0.3 is 0 Å². The number of halogens is 1. The van der Waals surface area contributed by atoms with Crippen LogP contribution >= 0.6 is 0 Å². The number of rotatable bonds is 3. The van der Waals surface area contributed by atoms with Gasteiger partial charge in [0.25, 0.3) is 0 Å². The first kappa shape index (κ1) is 10.2. The van der Waals surface area contributed by atoms with Gasteiger partial charge in [-0.15, -0.1) is 0 Å². The first-order valence-corrected chi connectivity index (χ1v) is 4.19. The van der Waals surface area contributed by atoms with E-state index in [4.69, 9.17) is 5.11 Å². The van der Waals surface area contributed by atoms with Gasteiger partial charge < -0.3 is 10.2 Å². The largest absolute Gasteiger partial charge is 0.396 e. The summed E-state index contributed by atoms with van der Waals surface area (Å²) < 4.78 is 12.5. The van der Waals surface area contributed by atoms with Crippen LogP contribution in [0.1, 0.15) is 18.6 Å². The molecule has 0 radical (unpaired) electrons. The van der Waals surface area contributed by atoms with Crippen molar-refractivity contribution < 1.29 is 14.6 Å². The molecule has 13 heavy (non-hydrogen) atoms. The Kier molecular flexibility index (Phi) is 3.39. The van der Waals surface area contributed by atoms with Crippen LogP contribution in [-0.2, 0) is 0 Å². The molecule has 3 heteroatoms. The van der Waals surface area contributed by atoms with Crippen molar-refractivity contribution in [3.8, 4) is 0 Å². The summed E-state index contributed by atoms with van der Waals surface area (Å²) in [7, 11) is 0. The SMILES string of the molecule is C[C@H](CO)[C@@H](O)c1ccc(F)cc1. The van der Waals surface area contributed by atoms with Gasteiger partial charge in [-0.3, -0.25) is 0 Å². The molecule has 0 heterocycles. The first-order chi connectivity index (χ1) is 6.15. The smallest absolute Gasteiger partial charge is 0.123 e. The molecule has 0 spiro atoms. The van der Waals surface area contributed by atoms with Crippen LogP contribution in [0.5, 0.6) is 0 Å². The van der Waals surface area contributed by atoms with Crippen LogP contribution in [0.15, 0.2) is 24.3 Å². The van der Waals surface area contributed by atoms with Gasteiger partial charge in [-0.1, -0.05) is 19.1 Å². The molecule has 1 rings (SSSR count). The second-order valence-corrected chi connectivity index (χ2v) is 3.16. The van der Waals surface area contributed by atoms with Gasteiger partial charge in [0.1, 0.15) is 5.82 Å². The second-order valence-electron chi connectivity index (χ2n) is 3.16. The molecular weight excluding hydrogens is 171 g/mol. The Morgan fingerprint density at radius 3 is 2.31 bits per heavy atom. The van der Waals surface area contributed by atoms with Crippen LogP contribution < -0.4 is 0 Å². The van der Waals surface area contributed by atoms with Crippen molar-refractivity contribution in [2.75, 3.05) is 6.61 Å². The highest BCUT2D eigenvalue weighted by molar-refractivity contribution is 5.18. The van der Waals surface area contributed by atoms with Crippen LogP contribution in [0.3, 0.4) is 0 Å². The molecule has 0 fully saturated rings. The lowest BCUT2D eigenvalue weighted by molar-refractivity contribution is 0.0770. The summed E-state index contributed by atoms with van der Waals surface area (Å²) >= 11 is 0. The van der Waals surface area contributed by atoms with Gasteiger partial charge in [0.2, 0.25) is 0 Å². The lowest BCUT2D eigenvalue weighted by Gasteiger charge is -2.16. The minimum absolute atomic E-state index is 0.0848. The van der Waals surface area contributed by atoms with Crippen LogP contribution in [-0.4, -0.2) is 16.8 Å². The van der Waals surface area contributed by atoms with E-state index in [1.807, 2.05) is 0 Å². The molecule has 2 N–H and O–H groups in total. The molecule has 0 aliphatic carbocycles.